The van der Waals surface area contributed by atoms with Crippen LogP contribution >= 0.6 is 0 Å². The number of aromatic nitrogens is 1. The quantitative estimate of drug-likeness (QED) is 0.218. The number of nitro groups is 1. The Morgan fingerprint density at radius 2 is 1.82 bits per heavy atom. The highest BCUT2D eigenvalue weighted by atomic mass is 16.6. The van der Waals surface area contributed by atoms with Gasteiger partial charge in [-0.25, -0.2) is 4.79 Å². The van der Waals surface area contributed by atoms with Crippen molar-refractivity contribution in [2.75, 3.05) is 51.3 Å². The summed E-state index contributed by atoms with van der Waals surface area (Å²) in [5.74, 6) is -0.414. The number of dihydropyridines is 1. The molecular weight excluding hydrogens is 486 g/mol. The number of para-hydroxylation sites is 2. The maximum atomic E-state index is 13.2. The molecule has 0 bridgehead atoms. The van der Waals surface area contributed by atoms with E-state index in [0.717, 1.165) is 57.0 Å². The fraction of sp³-hybridized carbons (Fsp3) is 0.464. The standard InChI is InChI=1S/C28H37N5O5/c1-20-25(26(23-11-9-13-30(23)3)27(33(35)36)21(2)29-20)28(34)38-19-8-7-14-31-15-17-32(18-16-31)22-10-5-6-12-24(22)37-4/h5-6,9-13,26,29H,7-8,14-19H2,1-4H3. The number of rotatable bonds is 10. The van der Waals surface area contributed by atoms with Gasteiger partial charge in [-0.3, -0.25) is 15.0 Å². The smallest absolute Gasteiger partial charge is 0.337 e. The third-order valence-corrected chi connectivity index (χ3v) is 7.32. The number of carbonyl (C=O) groups excluding carboxylic acids is 1. The van der Waals surface area contributed by atoms with E-state index >= 15 is 0 Å². The highest BCUT2D eigenvalue weighted by Gasteiger charge is 2.42. The second kappa shape index (κ2) is 12.2. The van der Waals surface area contributed by atoms with Crippen molar-refractivity contribution in [1.82, 2.24) is 14.8 Å². The van der Waals surface area contributed by atoms with Gasteiger partial charge in [0, 0.05) is 50.8 Å². The lowest BCUT2D eigenvalue weighted by Gasteiger charge is -2.36. The highest BCUT2D eigenvalue weighted by Crippen LogP contribution is 2.38. The van der Waals surface area contributed by atoms with E-state index in [4.69, 9.17) is 9.47 Å². The first kappa shape index (κ1) is 27.3. The van der Waals surface area contributed by atoms with E-state index in [1.165, 1.54) is 0 Å². The molecule has 38 heavy (non-hydrogen) atoms. The lowest BCUT2D eigenvalue weighted by Crippen LogP contribution is -2.46. The van der Waals surface area contributed by atoms with Crippen molar-refractivity contribution < 1.29 is 19.2 Å². The molecule has 0 aliphatic carbocycles. The van der Waals surface area contributed by atoms with Crippen LogP contribution in [0.25, 0.3) is 0 Å². The molecule has 2 aliphatic rings. The number of aryl methyl sites for hydroxylation is 1. The SMILES string of the molecule is COc1ccccc1N1CCN(CCCCOC(=O)C2=C(C)NC(C)=C([N+](=O)[O-])C2c2cccn2C)CC1. The van der Waals surface area contributed by atoms with Crippen molar-refractivity contribution in [1.29, 1.82) is 0 Å². The molecule has 1 aromatic carbocycles. The molecule has 2 aromatic rings. The number of piperazine rings is 1. The molecule has 4 rings (SSSR count). The van der Waals surface area contributed by atoms with Gasteiger partial charge in [-0.05, 0) is 57.5 Å². The number of allylic oxidation sites excluding steroid dienone is 3. The Labute approximate surface area is 223 Å². The van der Waals surface area contributed by atoms with Gasteiger partial charge >= 0.3 is 5.97 Å². The van der Waals surface area contributed by atoms with E-state index < -0.39 is 16.8 Å². The van der Waals surface area contributed by atoms with E-state index in [1.807, 2.05) is 37.5 Å². The predicted octanol–water partition coefficient (Wildman–Crippen LogP) is 3.65. The number of benzene rings is 1. The van der Waals surface area contributed by atoms with Crippen LogP contribution in [0.3, 0.4) is 0 Å². The maximum Gasteiger partial charge on any atom is 0.337 e. The van der Waals surface area contributed by atoms with Crippen molar-refractivity contribution in [2.24, 2.45) is 7.05 Å². The second-order valence-electron chi connectivity index (χ2n) is 9.75. The highest BCUT2D eigenvalue weighted by molar-refractivity contribution is 5.92. The van der Waals surface area contributed by atoms with Gasteiger partial charge in [0.2, 0.25) is 0 Å². The Morgan fingerprint density at radius 1 is 1.08 bits per heavy atom. The van der Waals surface area contributed by atoms with Gasteiger partial charge in [-0.1, -0.05) is 12.1 Å². The van der Waals surface area contributed by atoms with Gasteiger partial charge in [0.1, 0.15) is 11.7 Å². The molecule has 1 N–H and O–H groups in total. The zero-order valence-corrected chi connectivity index (χ0v) is 22.6. The number of methoxy groups -OCH3 is 1. The summed E-state index contributed by atoms with van der Waals surface area (Å²) in [5, 5.41) is 15.0. The summed E-state index contributed by atoms with van der Waals surface area (Å²) in [6.07, 6.45) is 3.45. The first-order valence-electron chi connectivity index (χ1n) is 13.0. The van der Waals surface area contributed by atoms with Gasteiger partial charge in [-0.15, -0.1) is 0 Å². The molecule has 1 fully saturated rings. The Balaban J connectivity index is 1.28. The Bertz CT molecular complexity index is 1230. The van der Waals surface area contributed by atoms with E-state index in [-0.39, 0.29) is 17.9 Å². The van der Waals surface area contributed by atoms with Crippen LogP contribution in [-0.4, -0.2) is 66.8 Å². The summed E-state index contributed by atoms with van der Waals surface area (Å²) >= 11 is 0. The molecular formula is C28H37N5O5. The summed E-state index contributed by atoms with van der Waals surface area (Å²) < 4.78 is 13.0. The monoisotopic (exact) mass is 523 g/mol. The molecule has 0 radical (unpaired) electrons. The maximum absolute atomic E-state index is 13.2. The van der Waals surface area contributed by atoms with Crippen LogP contribution < -0.4 is 15.0 Å². The van der Waals surface area contributed by atoms with Gasteiger partial charge in [0.25, 0.3) is 5.70 Å². The number of ether oxygens (including phenoxy) is 2. The Kier molecular flexibility index (Phi) is 8.73. The number of nitrogens with zero attached hydrogens (tertiary/aromatic N) is 4. The Morgan fingerprint density at radius 3 is 2.47 bits per heavy atom. The molecule has 1 unspecified atom stereocenters. The van der Waals surface area contributed by atoms with Crippen molar-refractivity contribution in [3.05, 3.63) is 81.1 Å². The largest absolute Gasteiger partial charge is 0.495 e. The molecule has 3 heterocycles. The summed E-state index contributed by atoms with van der Waals surface area (Å²) in [4.78, 5) is 29.5. The predicted molar refractivity (Wildman–Crippen MR) is 146 cm³/mol. The number of carbonyl (C=O) groups is 1. The average molecular weight is 524 g/mol. The first-order chi connectivity index (χ1) is 18.3. The van der Waals surface area contributed by atoms with Gasteiger partial charge in [-0.2, -0.15) is 0 Å². The number of esters is 1. The summed E-state index contributed by atoms with van der Waals surface area (Å²) in [5.41, 5.74) is 3.07. The summed E-state index contributed by atoms with van der Waals surface area (Å²) in [7, 11) is 3.52. The van der Waals surface area contributed by atoms with E-state index in [0.29, 0.717) is 17.1 Å². The molecule has 1 atom stereocenters. The molecule has 0 saturated carbocycles. The number of unbranched alkanes of at least 4 members (excludes halogenated alkanes) is 1. The number of hydrogen-bond donors (Lipinski definition) is 1. The topological polar surface area (TPSA) is 102 Å². The molecule has 0 amide bonds. The molecule has 1 saturated heterocycles. The van der Waals surface area contributed by atoms with Crippen LogP contribution in [0, 0.1) is 10.1 Å². The molecule has 204 valence electrons. The molecule has 0 spiro atoms. The zero-order chi connectivity index (χ0) is 27.2. The van der Waals surface area contributed by atoms with Crippen molar-refractivity contribution >= 4 is 11.7 Å². The summed E-state index contributed by atoms with van der Waals surface area (Å²) in [6.45, 7) is 8.41. The van der Waals surface area contributed by atoms with Crippen LogP contribution in [0.15, 0.2) is 65.3 Å². The third-order valence-electron chi connectivity index (χ3n) is 7.32. The lowest BCUT2D eigenvalue weighted by molar-refractivity contribution is -0.431. The number of hydrogen-bond acceptors (Lipinski definition) is 8. The van der Waals surface area contributed by atoms with Crippen LogP contribution in [0.4, 0.5) is 5.69 Å². The van der Waals surface area contributed by atoms with E-state index in [9.17, 15) is 14.9 Å². The number of anilines is 1. The lowest BCUT2D eigenvalue weighted by atomic mass is 9.87. The summed E-state index contributed by atoms with van der Waals surface area (Å²) in [6, 6.07) is 11.7. The van der Waals surface area contributed by atoms with Crippen molar-refractivity contribution in [3.63, 3.8) is 0 Å². The Hall–Kier alpha value is -3.79. The van der Waals surface area contributed by atoms with Crippen molar-refractivity contribution in [2.45, 2.75) is 32.6 Å². The zero-order valence-electron chi connectivity index (χ0n) is 22.6. The van der Waals surface area contributed by atoms with Crippen LogP contribution in [0.1, 0.15) is 38.3 Å². The fourth-order valence-corrected chi connectivity index (χ4v) is 5.34. The fourth-order valence-electron chi connectivity index (χ4n) is 5.34. The molecule has 2 aliphatic heterocycles. The van der Waals surface area contributed by atoms with Gasteiger partial charge in [0.05, 0.1) is 35.6 Å². The minimum atomic E-state index is -0.793. The van der Waals surface area contributed by atoms with Crippen LogP contribution in [-0.2, 0) is 16.6 Å². The third kappa shape index (κ3) is 5.85. The van der Waals surface area contributed by atoms with Crippen LogP contribution in [0.5, 0.6) is 5.75 Å². The minimum Gasteiger partial charge on any atom is -0.495 e. The number of nitrogens with one attached hydrogen (secondary N) is 1. The molecule has 10 heteroatoms. The first-order valence-corrected chi connectivity index (χ1v) is 13.0. The average Bonchev–Trinajstić information content (AvgIpc) is 3.33. The van der Waals surface area contributed by atoms with Crippen molar-refractivity contribution in [3.8, 4) is 5.75 Å². The van der Waals surface area contributed by atoms with E-state index in [2.05, 4.69) is 21.2 Å². The normalized spacial score (nSPS) is 18.4. The minimum absolute atomic E-state index is 0.0309. The molecule has 10 nitrogen and oxygen atoms in total. The van der Waals surface area contributed by atoms with Gasteiger partial charge < -0.3 is 24.3 Å². The van der Waals surface area contributed by atoms with Crippen LogP contribution in [0.2, 0.25) is 0 Å². The van der Waals surface area contributed by atoms with Gasteiger partial charge in [0.15, 0.2) is 0 Å². The molecule has 1 aromatic heterocycles. The second-order valence-corrected chi connectivity index (χ2v) is 9.75. The van der Waals surface area contributed by atoms with E-state index in [1.54, 1.807) is 31.6 Å².